The maximum absolute atomic E-state index is 13.4. The van der Waals surface area contributed by atoms with Gasteiger partial charge in [0.1, 0.15) is 5.82 Å². The second kappa shape index (κ2) is 10.1. The Balaban J connectivity index is 1.61. The molecule has 4 aromatic rings. The summed E-state index contributed by atoms with van der Waals surface area (Å²) in [6.07, 6.45) is 1.58. The van der Waals surface area contributed by atoms with Crippen molar-refractivity contribution in [3.63, 3.8) is 0 Å². The van der Waals surface area contributed by atoms with Crippen LogP contribution in [0.5, 0.6) is 0 Å². The lowest BCUT2D eigenvalue weighted by atomic mass is 10.2. The first-order valence-electron chi connectivity index (χ1n) is 10.6. The smallest absolute Gasteiger partial charge is 0.264 e. The van der Waals surface area contributed by atoms with Crippen LogP contribution in [0.4, 0.5) is 11.5 Å². The molecule has 0 fully saturated rings. The fraction of sp³-hybridized carbons (Fsp3) is 0.120. The van der Waals surface area contributed by atoms with Crippen LogP contribution in [0.25, 0.3) is 0 Å². The Morgan fingerprint density at radius 1 is 1.00 bits per heavy atom. The Morgan fingerprint density at radius 2 is 1.68 bits per heavy atom. The SMILES string of the molecule is CCN(c1ccccc1)S(=O)(=O)c1ccc(Cl)c(C(=O)Nc2ccnn2Cc2ccccc2)c1. The van der Waals surface area contributed by atoms with Crippen LogP contribution in [0.1, 0.15) is 22.8 Å². The van der Waals surface area contributed by atoms with Gasteiger partial charge in [0, 0.05) is 12.6 Å². The van der Waals surface area contributed by atoms with Gasteiger partial charge in [-0.3, -0.25) is 9.10 Å². The largest absolute Gasteiger partial charge is 0.307 e. The normalized spacial score (nSPS) is 11.2. The quantitative estimate of drug-likeness (QED) is 0.371. The number of carbonyl (C=O) groups is 1. The van der Waals surface area contributed by atoms with Gasteiger partial charge >= 0.3 is 0 Å². The van der Waals surface area contributed by atoms with E-state index in [9.17, 15) is 13.2 Å². The minimum Gasteiger partial charge on any atom is -0.307 e. The number of nitrogens with one attached hydrogen (secondary N) is 1. The molecule has 1 N–H and O–H groups in total. The van der Waals surface area contributed by atoms with Crippen molar-refractivity contribution in [2.24, 2.45) is 0 Å². The predicted octanol–water partition coefficient (Wildman–Crippen LogP) is 5.05. The summed E-state index contributed by atoms with van der Waals surface area (Å²) in [5.41, 5.74) is 1.61. The summed E-state index contributed by atoms with van der Waals surface area (Å²) in [5.74, 6) is -0.0581. The minimum atomic E-state index is -3.91. The van der Waals surface area contributed by atoms with Crippen LogP contribution in [-0.2, 0) is 16.6 Å². The number of nitrogens with zero attached hydrogens (tertiary/aromatic N) is 3. The summed E-state index contributed by atoms with van der Waals surface area (Å²) in [5, 5.41) is 7.21. The van der Waals surface area contributed by atoms with Crippen LogP contribution in [0, 0.1) is 0 Å². The Morgan fingerprint density at radius 3 is 2.35 bits per heavy atom. The molecule has 0 spiro atoms. The highest BCUT2D eigenvalue weighted by atomic mass is 35.5. The molecule has 0 aliphatic carbocycles. The molecule has 0 saturated carbocycles. The molecule has 7 nitrogen and oxygen atoms in total. The molecule has 1 aromatic heterocycles. The number of hydrogen-bond donors (Lipinski definition) is 1. The van der Waals surface area contributed by atoms with Crippen molar-refractivity contribution in [3.8, 4) is 0 Å². The standard InChI is InChI=1S/C25H23ClN4O3S/c1-2-30(20-11-7-4-8-12-20)34(32,33)21-13-14-23(26)22(17-21)25(31)28-24-15-16-27-29(24)18-19-9-5-3-6-10-19/h3-17H,2,18H2,1H3,(H,28,31). The van der Waals surface area contributed by atoms with E-state index in [1.165, 1.54) is 22.5 Å². The number of benzene rings is 3. The third-order valence-electron chi connectivity index (χ3n) is 5.24. The van der Waals surface area contributed by atoms with Gasteiger partial charge in [-0.1, -0.05) is 60.1 Å². The van der Waals surface area contributed by atoms with Crippen molar-refractivity contribution in [2.45, 2.75) is 18.4 Å². The number of sulfonamides is 1. The van der Waals surface area contributed by atoms with Gasteiger partial charge in [0.2, 0.25) is 0 Å². The van der Waals surface area contributed by atoms with Crippen molar-refractivity contribution in [1.82, 2.24) is 9.78 Å². The number of hydrogen-bond acceptors (Lipinski definition) is 4. The maximum Gasteiger partial charge on any atom is 0.264 e. The molecule has 0 atom stereocenters. The zero-order valence-electron chi connectivity index (χ0n) is 18.4. The Kier molecular flexibility index (Phi) is 7.00. The van der Waals surface area contributed by atoms with Crippen LogP contribution in [-0.4, -0.2) is 30.7 Å². The van der Waals surface area contributed by atoms with Gasteiger partial charge in [0.25, 0.3) is 15.9 Å². The molecule has 0 unspecified atom stereocenters. The molecule has 0 radical (unpaired) electrons. The lowest BCUT2D eigenvalue weighted by Gasteiger charge is -2.23. The number of aromatic nitrogens is 2. The monoisotopic (exact) mass is 494 g/mol. The Bertz CT molecular complexity index is 1390. The Labute approximate surface area is 203 Å². The molecular weight excluding hydrogens is 472 g/mol. The molecule has 0 aliphatic heterocycles. The summed E-state index contributed by atoms with van der Waals surface area (Å²) in [4.78, 5) is 13.1. The van der Waals surface area contributed by atoms with Gasteiger partial charge < -0.3 is 5.32 Å². The number of amides is 1. The van der Waals surface area contributed by atoms with Crippen molar-refractivity contribution < 1.29 is 13.2 Å². The fourth-order valence-electron chi connectivity index (χ4n) is 3.56. The van der Waals surface area contributed by atoms with Crippen molar-refractivity contribution in [3.05, 3.63) is 107 Å². The van der Waals surface area contributed by atoms with Crippen LogP contribution in [0.15, 0.2) is 96.0 Å². The summed E-state index contributed by atoms with van der Waals surface area (Å²) in [6.45, 7) is 2.45. The maximum atomic E-state index is 13.4. The van der Waals surface area contributed by atoms with E-state index in [-0.39, 0.29) is 22.0 Å². The number of rotatable bonds is 8. The van der Waals surface area contributed by atoms with Crippen molar-refractivity contribution in [2.75, 3.05) is 16.2 Å². The third kappa shape index (κ3) is 4.98. The third-order valence-corrected chi connectivity index (χ3v) is 7.46. The van der Waals surface area contributed by atoms with E-state index in [0.29, 0.717) is 18.1 Å². The van der Waals surface area contributed by atoms with Gasteiger partial charge in [-0.15, -0.1) is 0 Å². The van der Waals surface area contributed by atoms with Crippen molar-refractivity contribution >= 4 is 39.0 Å². The van der Waals surface area contributed by atoms with Crippen molar-refractivity contribution in [1.29, 1.82) is 0 Å². The molecule has 3 aromatic carbocycles. The molecular formula is C25H23ClN4O3S. The fourth-order valence-corrected chi connectivity index (χ4v) is 5.26. The van der Waals surface area contributed by atoms with Crippen LogP contribution in [0.2, 0.25) is 5.02 Å². The van der Waals surface area contributed by atoms with Gasteiger partial charge in [-0.25, -0.2) is 13.1 Å². The van der Waals surface area contributed by atoms with E-state index >= 15 is 0 Å². The number of para-hydroxylation sites is 1. The molecule has 0 saturated heterocycles. The van der Waals surface area contributed by atoms with Gasteiger partial charge in [-0.2, -0.15) is 5.10 Å². The molecule has 174 valence electrons. The molecule has 1 amide bonds. The van der Waals surface area contributed by atoms with E-state index in [2.05, 4.69) is 10.4 Å². The van der Waals surface area contributed by atoms with E-state index in [1.807, 2.05) is 36.4 Å². The van der Waals surface area contributed by atoms with E-state index < -0.39 is 15.9 Å². The predicted molar refractivity (Wildman–Crippen MR) is 134 cm³/mol. The van der Waals surface area contributed by atoms with Crippen LogP contribution < -0.4 is 9.62 Å². The summed E-state index contributed by atoms with van der Waals surface area (Å²) < 4.78 is 29.7. The van der Waals surface area contributed by atoms with E-state index in [1.54, 1.807) is 48.1 Å². The van der Waals surface area contributed by atoms with Crippen LogP contribution in [0.3, 0.4) is 0 Å². The zero-order valence-corrected chi connectivity index (χ0v) is 20.0. The second-order valence-corrected chi connectivity index (χ2v) is 9.73. The molecule has 0 bridgehead atoms. The van der Waals surface area contributed by atoms with Gasteiger partial charge in [-0.05, 0) is 42.8 Å². The topological polar surface area (TPSA) is 84.3 Å². The molecule has 4 rings (SSSR count). The first-order chi connectivity index (χ1) is 16.4. The molecule has 9 heteroatoms. The number of carbonyl (C=O) groups excluding carboxylic acids is 1. The van der Waals surface area contributed by atoms with E-state index in [4.69, 9.17) is 11.6 Å². The lowest BCUT2D eigenvalue weighted by Crippen LogP contribution is -2.31. The van der Waals surface area contributed by atoms with E-state index in [0.717, 1.165) is 5.56 Å². The lowest BCUT2D eigenvalue weighted by molar-refractivity contribution is 0.102. The zero-order chi connectivity index (χ0) is 24.1. The van der Waals surface area contributed by atoms with Gasteiger partial charge in [0.15, 0.2) is 0 Å². The second-order valence-electron chi connectivity index (χ2n) is 7.46. The first kappa shape index (κ1) is 23.5. The first-order valence-corrected chi connectivity index (χ1v) is 12.5. The highest BCUT2D eigenvalue weighted by Crippen LogP contribution is 2.27. The highest BCUT2D eigenvalue weighted by Gasteiger charge is 2.25. The molecule has 0 aliphatic rings. The summed E-state index contributed by atoms with van der Waals surface area (Å²) in [6, 6.07) is 24.3. The minimum absolute atomic E-state index is 0.0226. The number of anilines is 2. The average molecular weight is 495 g/mol. The molecule has 34 heavy (non-hydrogen) atoms. The number of halogens is 1. The summed E-state index contributed by atoms with van der Waals surface area (Å²) in [7, 11) is -3.91. The molecule has 1 heterocycles. The highest BCUT2D eigenvalue weighted by molar-refractivity contribution is 7.92. The summed E-state index contributed by atoms with van der Waals surface area (Å²) >= 11 is 6.29. The Hall–Kier alpha value is -3.62. The van der Waals surface area contributed by atoms with Gasteiger partial charge in [0.05, 0.1) is 33.9 Å². The average Bonchev–Trinajstić information content (AvgIpc) is 3.27. The van der Waals surface area contributed by atoms with Crippen LogP contribution >= 0.6 is 11.6 Å².